The topological polar surface area (TPSA) is 71.3 Å². The highest BCUT2D eigenvalue weighted by Gasteiger charge is 2.65. The van der Waals surface area contributed by atoms with E-state index >= 15 is 0 Å². The fourth-order valence-electron chi connectivity index (χ4n) is 7.85. The molecule has 0 spiro atoms. The monoisotopic (exact) mass is 530 g/mol. The van der Waals surface area contributed by atoms with Gasteiger partial charge in [-0.2, -0.15) is 0 Å². The number of carbonyl (C=O) groups is 2. The van der Waals surface area contributed by atoms with Crippen LogP contribution in [0.1, 0.15) is 126 Å². The van der Waals surface area contributed by atoms with Gasteiger partial charge in [-0.3, -0.25) is 9.59 Å². The molecule has 1 aromatic carbocycles. The van der Waals surface area contributed by atoms with Crippen molar-refractivity contribution in [1.29, 1.82) is 0 Å². The lowest BCUT2D eigenvalue weighted by atomic mass is 9.65. The van der Waals surface area contributed by atoms with E-state index in [1.54, 1.807) is 0 Å². The maximum Gasteiger partial charge on any atom is 0.309 e. The van der Waals surface area contributed by atoms with Crippen LogP contribution in [0.4, 0.5) is 0 Å². The standard InChI is InChI=1S/C34H46N2O3/c1-31(2,3)24-16-23(17-25(18-24)32(4)11-12-32)26-19-28(36(5)27(26)15-22-9-7-6-8-10-22)29(37)35-34-14-13-33(20-34,21-34)30(38)39/h16-19,22H,6-15,20-21H2,1-5H3,(H,35,37)(H,38,39). The molecule has 5 fully saturated rings. The molecule has 2 aromatic rings. The van der Waals surface area contributed by atoms with Gasteiger partial charge in [0.1, 0.15) is 5.69 Å². The summed E-state index contributed by atoms with van der Waals surface area (Å²) in [4.78, 5) is 25.6. The average molecular weight is 531 g/mol. The van der Waals surface area contributed by atoms with E-state index in [0.29, 0.717) is 30.9 Å². The molecular weight excluding hydrogens is 484 g/mol. The Hall–Kier alpha value is -2.56. The first-order valence-corrected chi connectivity index (χ1v) is 15.2. The van der Waals surface area contributed by atoms with Crippen LogP contribution < -0.4 is 5.32 Å². The first-order valence-electron chi connectivity index (χ1n) is 15.2. The van der Waals surface area contributed by atoms with Crippen molar-refractivity contribution in [3.8, 4) is 11.1 Å². The molecule has 0 aliphatic heterocycles. The van der Waals surface area contributed by atoms with E-state index in [0.717, 1.165) is 12.8 Å². The number of fused-ring (bicyclic) bond motifs is 1. The molecule has 0 atom stereocenters. The summed E-state index contributed by atoms with van der Waals surface area (Å²) in [5.41, 5.74) is 6.49. The van der Waals surface area contributed by atoms with Gasteiger partial charge in [-0.1, -0.05) is 78.0 Å². The van der Waals surface area contributed by atoms with Crippen LogP contribution in [0.25, 0.3) is 11.1 Å². The van der Waals surface area contributed by atoms with Crippen molar-refractivity contribution in [2.24, 2.45) is 18.4 Å². The average Bonchev–Trinajstić information content (AvgIpc) is 3.20. The van der Waals surface area contributed by atoms with Gasteiger partial charge in [0, 0.05) is 23.8 Å². The lowest BCUT2D eigenvalue weighted by molar-refractivity contribution is -0.154. The van der Waals surface area contributed by atoms with Crippen LogP contribution in [0.15, 0.2) is 24.3 Å². The second-order valence-electron chi connectivity index (χ2n) is 14.9. The molecule has 1 amide bonds. The third kappa shape index (κ3) is 4.64. The number of hydrogen-bond donors (Lipinski definition) is 2. The van der Waals surface area contributed by atoms with Crippen LogP contribution in [-0.2, 0) is 29.1 Å². The second kappa shape index (κ2) is 8.97. The van der Waals surface area contributed by atoms with Crippen molar-refractivity contribution in [2.45, 2.75) is 121 Å². The first kappa shape index (κ1) is 26.7. The smallest absolute Gasteiger partial charge is 0.309 e. The van der Waals surface area contributed by atoms with Crippen molar-refractivity contribution >= 4 is 11.9 Å². The highest BCUT2D eigenvalue weighted by molar-refractivity contribution is 5.96. The summed E-state index contributed by atoms with van der Waals surface area (Å²) in [5, 5.41) is 13.0. The van der Waals surface area contributed by atoms with E-state index in [1.807, 2.05) is 0 Å². The van der Waals surface area contributed by atoms with Gasteiger partial charge in [-0.05, 0) is 84.5 Å². The number of benzene rings is 1. The van der Waals surface area contributed by atoms with Crippen molar-refractivity contribution in [3.05, 3.63) is 46.8 Å². The van der Waals surface area contributed by atoms with Gasteiger partial charge in [0.25, 0.3) is 5.91 Å². The largest absolute Gasteiger partial charge is 0.481 e. The van der Waals surface area contributed by atoms with Gasteiger partial charge in [-0.15, -0.1) is 0 Å². The van der Waals surface area contributed by atoms with Crippen molar-refractivity contribution < 1.29 is 14.7 Å². The normalized spacial score (nSPS) is 27.7. The number of hydrogen-bond acceptors (Lipinski definition) is 2. The number of nitrogens with zero attached hydrogens (tertiary/aromatic N) is 1. The van der Waals surface area contributed by atoms with Gasteiger partial charge in [0.05, 0.1) is 5.41 Å². The lowest BCUT2D eigenvalue weighted by Gasteiger charge is -2.45. The van der Waals surface area contributed by atoms with Crippen LogP contribution in [0, 0.1) is 11.3 Å². The summed E-state index contributed by atoms with van der Waals surface area (Å²) in [6.07, 6.45) is 12.5. The minimum absolute atomic E-state index is 0.0387. The number of rotatable bonds is 7. The Morgan fingerprint density at radius 1 is 1.00 bits per heavy atom. The Morgan fingerprint density at radius 2 is 1.69 bits per heavy atom. The predicted octanol–water partition coefficient (Wildman–Crippen LogP) is 7.29. The van der Waals surface area contributed by atoms with E-state index in [2.05, 4.69) is 68.9 Å². The van der Waals surface area contributed by atoms with Crippen LogP contribution in [0.3, 0.4) is 0 Å². The van der Waals surface area contributed by atoms with Gasteiger partial charge in [0.15, 0.2) is 0 Å². The van der Waals surface area contributed by atoms with Gasteiger partial charge in [0.2, 0.25) is 0 Å². The summed E-state index contributed by atoms with van der Waals surface area (Å²) in [6, 6.07) is 9.30. The second-order valence-corrected chi connectivity index (χ2v) is 14.9. The Kier molecular flexibility index (Phi) is 6.13. The first-order chi connectivity index (χ1) is 18.3. The zero-order chi connectivity index (χ0) is 27.8. The van der Waals surface area contributed by atoms with Crippen molar-refractivity contribution in [3.63, 3.8) is 0 Å². The highest BCUT2D eigenvalue weighted by atomic mass is 16.4. The molecule has 5 saturated carbocycles. The molecule has 7 rings (SSSR count). The molecule has 1 aromatic heterocycles. The maximum atomic E-state index is 13.8. The Balaban J connectivity index is 1.38. The molecular formula is C34H46N2O3. The Morgan fingerprint density at radius 3 is 2.28 bits per heavy atom. The van der Waals surface area contributed by atoms with Gasteiger partial charge in [-0.25, -0.2) is 0 Å². The number of carboxylic acids is 1. The molecule has 5 aliphatic carbocycles. The minimum atomic E-state index is -0.709. The third-order valence-electron chi connectivity index (χ3n) is 10.9. The lowest BCUT2D eigenvalue weighted by Crippen LogP contribution is -2.58. The quantitative estimate of drug-likeness (QED) is 0.395. The molecule has 2 N–H and O–H groups in total. The van der Waals surface area contributed by atoms with E-state index in [-0.39, 0.29) is 22.3 Å². The highest BCUT2D eigenvalue weighted by Crippen LogP contribution is 2.61. The molecule has 2 bridgehead atoms. The molecule has 0 radical (unpaired) electrons. The Bertz CT molecular complexity index is 1290. The van der Waals surface area contributed by atoms with Crippen LogP contribution in [-0.4, -0.2) is 27.1 Å². The fourth-order valence-corrected chi connectivity index (χ4v) is 7.85. The minimum Gasteiger partial charge on any atom is -0.481 e. The van der Waals surface area contributed by atoms with E-state index in [4.69, 9.17) is 0 Å². The molecule has 1 heterocycles. The summed E-state index contributed by atoms with van der Waals surface area (Å²) in [5.74, 6) is -0.111. The molecule has 5 heteroatoms. The van der Waals surface area contributed by atoms with Crippen LogP contribution >= 0.6 is 0 Å². The van der Waals surface area contributed by atoms with E-state index in [1.165, 1.54) is 72.9 Å². The summed E-state index contributed by atoms with van der Waals surface area (Å²) in [7, 11) is 2.06. The number of aliphatic carboxylic acids is 1. The van der Waals surface area contributed by atoms with Crippen molar-refractivity contribution in [1.82, 2.24) is 9.88 Å². The third-order valence-corrected chi connectivity index (χ3v) is 10.9. The molecule has 210 valence electrons. The van der Waals surface area contributed by atoms with Crippen LogP contribution in [0.2, 0.25) is 0 Å². The number of nitrogens with one attached hydrogen (secondary N) is 1. The van der Waals surface area contributed by atoms with Crippen molar-refractivity contribution in [2.75, 3.05) is 0 Å². The maximum absolute atomic E-state index is 13.8. The zero-order valence-electron chi connectivity index (χ0n) is 24.6. The van der Waals surface area contributed by atoms with Gasteiger partial charge < -0.3 is 15.0 Å². The molecule has 0 saturated heterocycles. The van der Waals surface area contributed by atoms with E-state index < -0.39 is 11.4 Å². The van der Waals surface area contributed by atoms with E-state index in [9.17, 15) is 14.7 Å². The molecule has 0 unspecified atom stereocenters. The number of carboxylic acid groups (broad SMARTS) is 1. The zero-order valence-corrected chi connectivity index (χ0v) is 24.6. The summed E-state index contributed by atoms with van der Waals surface area (Å²) < 4.78 is 2.15. The van der Waals surface area contributed by atoms with Gasteiger partial charge >= 0.3 is 5.97 Å². The predicted molar refractivity (Wildman–Crippen MR) is 155 cm³/mol. The number of carbonyl (C=O) groups excluding carboxylic acids is 1. The SMILES string of the molecule is Cn1c(C(=O)NC23CCC(C(=O)O)(C2)C3)cc(-c2cc(C(C)(C)C)cc(C3(C)CC3)c2)c1CC1CCCCC1. The molecule has 5 aliphatic rings. The number of aromatic nitrogens is 1. The molecule has 5 nitrogen and oxygen atoms in total. The Labute approximate surface area is 233 Å². The van der Waals surface area contributed by atoms with Crippen LogP contribution in [0.5, 0.6) is 0 Å². The molecule has 39 heavy (non-hydrogen) atoms. The number of amides is 1. The summed E-state index contributed by atoms with van der Waals surface area (Å²) in [6.45, 7) is 9.24. The fraction of sp³-hybridized carbons (Fsp3) is 0.647. The summed E-state index contributed by atoms with van der Waals surface area (Å²) >= 11 is 0.